The van der Waals surface area contributed by atoms with Crippen LogP contribution in [0.1, 0.15) is 34.3 Å². The maximum Gasteiger partial charge on any atom is 0.260 e. The van der Waals surface area contributed by atoms with Crippen LogP contribution < -0.4 is 11.1 Å². The third-order valence-corrected chi connectivity index (χ3v) is 5.57. The number of furan rings is 2. The van der Waals surface area contributed by atoms with Crippen LogP contribution in [0, 0.1) is 0 Å². The monoisotopic (exact) mass is 398 g/mol. The van der Waals surface area contributed by atoms with E-state index in [2.05, 4.69) is 22.2 Å². The molecule has 0 unspecified atom stereocenters. The Bertz CT molecular complexity index is 1220. The lowest BCUT2D eigenvalue weighted by Gasteiger charge is -2.08. The molecule has 1 aliphatic carbocycles. The molecule has 1 amide bonds. The van der Waals surface area contributed by atoms with E-state index in [1.54, 1.807) is 30.6 Å². The number of amides is 1. The van der Waals surface area contributed by atoms with Crippen LogP contribution in [0.2, 0.25) is 10.0 Å². The lowest BCUT2D eigenvalue weighted by Crippen LogP contribution is -2.13. The van der Waals surface area contributed by atoms with Gasteiger partial charge in [0.1, 0.15) is 11.2 Å². The van der Waals surface area contributed by atoms with Gasteiger partial charge in [-0.15, -0.1) is 0 Å². The fourth-order valence-corrected chi connectivity index (χ4v) is 3.81. The molecule has 0 saturated heterocycles. The molecule has 0 radical (unpaired) electrons. The number of carbonyl (C=O) groups excluding carboxylic acids is 1. The highest BCUT2D eigenvalue weighted by atomic mass is 35.5. The van der Waals surface area contributed by atoms with Gasteiger partial charge in [-0.2, -0.15) is 0 Å². The summed E-state index contributed by atoms with van der Waals surface area (Å²) in [6, 6.07) is 4.92. The van der Waals surface area contributed by atoms with Crippen LogP contribution in [0.3, 0.4) is 0 Å². The molecule has 6 nitrogen and oxygen atoms in total. The second-order valence-corrected chi connectivity index (χ2v) is 7.29. The standard InChI is InChI=1S/C19H12Cl2N4O2/c1-7-12-13(7)17-15(18(26)25-9-2-3-10(20)11(21)4-9)14(16(12)27-17)8-5-23-19(22)24-6-8/h2-7H,1H3,(H,25,26)(H2,22,23,24)/t7-/m1/s1. The normalized spacial score (nSPS) is 15.1. The molecule has 1 aliphatic rings. The summed E-state index contributed by atoms with van der Waals surface area (Å²) in [4.78, 5) is 21.2. The van der Waals surface area contributed by atoms with Crippen LogP contribution in [0.5, 0.6) is 0 Å². The molecule has 5 rings (SSSR count). The van der Waals surface area contributed by atoms with E-state index < -0.39 is 0 Å². The van der Waals surface area contributed by atoms with Crippen molar-refractivity contribution in [3.8, 4) is 11.1 Å². The number of hydrogen-bond acceptors (Lipinski definition) is 5. The van der Waals surface area contributed by atoms with Crippen LogP contribution in [0.4, 0.5) is 11.6 Å². The van der Waals surface area contributed by atoms with E-state index in [1.165, 1.54) is 0 Å². The van der Waals surface area contributed by atoms with Crippen molar-refractivity contribution in [2.45, 2.75) is 12.8 Å². The molecule has 0 spiro atoms. The van der Waals surface area contributed by atoms with Gasteiger partial charge in [-0.3, -0.25) is 4.79 Å². The first kappa shape index (κ1) is 16.4. The fraction of sp³-hybridized carbons (Fsp3) is 0.105. The van der Waals surface area contributed by atoms with Crippen molar-refractivity contribution in [3.05, 3.63) is 57.3 Å². The molecule has 8 heteroatoms. The van der Waals surface area contributed by atoms with Crippen LogP contribution in [0.15, 0.2) is 35.0 Å². The number of hydrogen-bond donors (Lipinski definition) is 2. The molecule has 0 fully saturated rings. The Kier molecular flexibility index (Phi) is 3.38. The van der Waals surface area contributed by atoms with Gasteiger partial charge < -0.3 is 15.5 Å². The van der Waals surface area contributed by atoms with Crippen molar-refractivity contribution >= 4 is 51.9 Å². The Labute approximate surface area is 163 Å². The Morgan fingerprint density at radius 1 is 1.15 bits per heavy atom. The molecule has 0 saturated carbocycles. The molecular weight excluding hydrogens is 387 g/mol. The molecule has 0 aliphatic heterocycles. The Morgan fingerprint density at radius 2 is 1.85 bits per heavy atom. The summed E-state index contributed by atoms with van der Waals surface area (Å²) < 4.78 is 5.91. The fourth-order valence-electron chi connectivity index (χ4n) is 3.51. The summed E-state index contributed by atoms with van der Waals surface area (Å²) in [7, 11) is 0. The van der Waals surface area contributed by atoms with E-state index in [0.717, 1.165) is 11.1 Å². The smallest absolute Gasteiger partial charge is 0.260 e. The first-order chi connectivity index (χ1) is 13.0. The van der Waals surface area contributed by atoms with Crippen molar-refractivity contribution in [2.24, 2.45) is 0 Å². The predicted molar refractivity (Wildman–Crippen MR) is 105 cm³/mol. The van der Waals surface area contributed by atoms with Crippen molar-refractivity contribution in [1.29, 1.82) is 0 Å². The second kappa shape index (κ2) is 5.58. The quantitative estimate of drug-likeness (QED) is 0.509. The topological polar surface area (TPSA) is 94.0 Å². The zero-order valence-corrected chi connectivity index (χ0v) is 15.5. The number of nitrogens with zero attached hydrogens (tertiary/aromatic N) is 2. The highest BCUT2D eigenvalue weighted by Gasteiger charge is 2.44. The minimum atomic E-state index is -0.295. The summed E-state index contributed by atoms with van der Waals surface area (Å²) in [5, 5.41) is 3.64. The van der Waals surface area contributed by atoms with E-state index in [9.17, 15) is 4.79 Å². The molecule has 1 aromatic carbocycles. The van der Waals surface area contributed by atoms with Gasteiger partial charge in [0.05, 0.1) is 15.6 Å². The minimum absolute atomic E-state index is 0.169. The number of aromatic nitrogens is 2. The Morgan fingerprint density at radius 3 is 2.56 bits per heavy atom. The van der Waals surface area contributed by atoms with Gasteiger partial charge in [0.15, 0.2) is 0 Å². The molecule has 3 N–H and O–H groups in total. The molecule has 1 atom stereocenters. The van der Waals surface area contributed by atoms with Gasteiger partial charge in [-0.1, -0.05) is 30.1 Å². The van der Waals surface area contributed by atoms with Gasteiger partial charge in [-0.05, 0) is 18.2 Å². The number of anilines is 2. The van der Waals surface area contributed by atoms with Crippen molar-refractivity contribution < 1.29 is 9.21 Å². The summed E-state index contributed by atoms with van der Waals surface area (Å²) in [5.74, 6) is 0.169. The average Bonchev–Trinajstić information content (AvgIpc) is 3.01. The second-order valence-electron chi connectivity index (χ2n) is 6.47. The van der Waals surface area contributed by atoms with E-state index in [-0.39, 0.29) is 11.9 Å². The van der Waals surface area contributed by atoms with E-state index in [0.29, 0.717) is 49.5 Å². The van der Waals surface area contributed by atoms with Gasteiger partial charge in [0, 0.05) is 46.3 Å². The lowest BCUT2D eigenvalue weighted by atomic mass is 10.0. The number of nitrogens with two attached hydrogens (primary N) is 1. The van der Waals surface area contributed by atoms with Crippen LogP contribution in [-0.2, 0) is 0 Å². The predicted octanol–water partition coefficient (Wildman–Crippen LogP) is 4.93. The Balaban J connectivity index is 1.61. The third kappa shape index (κ3) is 2.37. The van der Waals surface area contributed by atoms with Crippen molar-refractivity contribution in [1.82, 2.24) is 9.97 Å². The third-order valence-electron chi connectivity index (χ3n) is 4.84. The first-order valence-electron chi connectivity index (χ1n) is 8.21. The Hall–Kier alpha value is -2.83. The summed E-state index contributed by atoms with van der Waals surface area (Å²) in [6.45, 7) is 2.09. The number of fused-ring (bicyclic) bond motifs is 5. The molecule has 134 valence electrons. The molecule has 2 bridgehead atoms. The zero-order valence-electron chi connectivity index (χ0n) is 14.0. The maximum atomic E-state index is 13.1. The highest BCUT2D eigenvalue weighted by Crippen LogP contribution is 2.57. The average molecular weight is 399 g/mol. The van der Waals surface area contributed by atoms with E-state index in [4.69, 9.17) is 33.4 Å². The van der Waals surface area contributed by atoms with E-state index >= 15 is 0 Å². The van der Waals surface area contributed by atoms with Crippen LogP contribution >= 0.6 is 23.2 Å². The van der Waals surface area contributed by atoms with Gasteiger partial charge >= 0.3 is 0 Å². The van der Waals surface area contributed by atoms with Crippen LogP contribution in [-0.4, -0.2) is 15.9 Å². The number of rotatable bonds is 3. The first-order valence-corrected chi connectivity index (χ1v) is 8.97. The number of carbonyl (C=O) groups is 1. The zero-order chi connectivity index (χ0) is 18.9. The number of halogens is 2. The lowest BCUT2D eigenvalue weighted by molar-refractivity contribution is 0.102. The van der Waals surface area contributed by atoms with Crippen molar-refractivity contribution in [3.63, 3.8) is 0 Å². The van der Waals surface area contributed by atoms with Gasteiger partial charge in [0.25, 0.3) is 5.91 Å². The molecule has 3 aromatic heterocycles. The largest absolute Gasteiger partial charge is 0.455 e. The highest BCUT2D eigenvalue weighted by molar-refractivity contribution is 6.42. The van der Waals surface area contributed by atoms with Gasteiger partial charge in [0.2, 0.25) is 5.95 Å². The minimum Gasteiger partial charge on any atom is -0.455 e. The number of nitrogen functional groups attached to an aromatic ring is 1. The summed E-state index contributed by atoms with van der Waals surface area (Å²) >= 11 is 12.0. The SMILES string of the molecule is C[C@H]1c2c1c1oc2c(C(=O)Nc2ccc(Cl)c(Cl)c2)c1-c1cnc(N)nc1. The summed E-state index contributed by atoms with van der Waals surface area (Å²) in [6.07, 6.45) is 3.18. The maximum absolute atomic E-state index is 13.1. The summed E-state index contributed by atoms with van der Waals surface area (Å²) in [5.41, 5.74) is 11.5. The van der Waals surface area contributed by atoms with E-state index in [1.807, 2.05) is 0 Å². The molecule has 4 aromatic rings. The molecule has 27 heavy (non-hydrogen) atoms. The van der Waals surface area contributed by atoms with Crippen LogP contribution in [0.25, 0.3) is 22.3 Å². The molecule has 3 heterocycles. The van der Waals surface area contributed by atoms with Gasteiger partial charge in [-0.25, -0.2) is 9.97 Å². The van der Waals surface area contributed by atoms with Crippen molar-refractivity contribution in [2.75, 3.05) is 11.1 Å². The number of benzene rings is 2. The number of nitrogens with one attached hydrogen (secondary N) is 1. The molecular formula is C19H12Cl2N4O2.